The fourth-order valence-electron chi connectivity index (χ4n) is 1.80. The lowest BCUT2D eigenvalue weighted by molar-refractivity contribution is -0.336. The van der Waals surface area contributed by atoms with Crippen molar-refractivity contribution in [2.45, 2.75) is 12.0 Å². The molecule has 2 aromatic rings. The van der Waals surface area contributed by atoms with Gasteiger partial charge >= 0.3 is 5.92 Å². The van der Waals surface area contributed by atoms with Crippen LogP contribution in [-0.2, 0) is 4.79 Å². The van der Waals surface area contributed by atoms with Crippen molar-refractivity contribution in [3.8, 4) is 0 Å². The van der Waals surface area contributed by atoms with E-state index in [4.69, 9.17) is 0 Å². The molecule has 0 aliphatic carbocycles. The number of rotatable bonds is 3. The molecule has 0 heterocycles. The van der Waals surface area contributed by atoms with E-state index in [1.54, 1.807) is 30.3 Å². The predicted octanol–water partition coefficient (Wildman–Crippen LogP) is 1.26. The first-order chi connectivity index (χ1) is 8.44. The van der Waals surface area contributed by atoms with Gasteiger partial charge in [0, 0.05) is 0 Å². The van der Waals surface area contributed by atoms with Gasteiger partial charge in [0.2, 0.25) is 0 Å². The van der Waals surface area contributed by atoms with Crippen LogP contribution in [0, 0.1) is 0 Å². The third-order valence-corrected chi connectivity index (χ3v) is 2.73. The number of carbonyl (C=O) groups excluding carboxylic acids is 1. The van der Waals surface area contributed by atoms with Crippen LogP contribution in [0.5, 0.6) is 0 Å². The summed E-state index contributed by atoms with van der Waals surface area (Å²) < 4.78 is 26.5. The van der Waals surface area contributed by atoms with E-state index in [2.05, 4.69) is 0 Å². The summed E-state index contributed by atoms with van der Waals surface area (Å²) in [5.74, 6) is -6.92. The molecule has 18 heavy (non-hydrogen) atoms. The molecule has 0 amide bonds. The van der Waals surface area contributed by atoms with Crippen molar-refractivity contribution in [1.82, 2.24) is 0 Å². The zero-order chi connectivity index (χ0) is 13.3. The van der Waals surface area contributed by atoms with Crippen LogP contribution >= 0.6 is 0 Å². The number of aliphatic hydroxyl groups excluding tert-OH is 1. The highest BCUT2D eigenvalue weighted by molar-refractivity contribution is 5.87. The van der Waals surface area contributed by atoms with E-state index in [1.165, 1.54) is 12.1 Å². The summed E-state index contributed by atoms with van der Waals surface area (Å²) in [5.41, 5.74) is -0.137. The topological polar surface area (TPSA) is 60.4 Å². The van der Waals surface area contributed by atoms with Crippen LogP contribution in [0.25, 0.3) is 10.8 Å². The van der Waals surface area contributed by atoms with Crippen molar-refractivity contribution in [3.63, 3.8) is 0 Å². The van der Waals surface area contributed by atoms with Gasteiger partial charge < -0.3 is 15.0 Å². The summed E-state index contributed by atoms with van der Waals surface area (Å²) in [4.78, 5) is 10.4. The Hall–Kier alpha value is -2.01. The first-order valence-electron chi connectivity index (χ1n) is 5.19. The molecule has 0 spiro atoms. The molecule has 3 nitrogen and oxygen atoms in total. The molecular formula is C13H9F2O3-. The van der Waals surface area contributed by atoms with Crippen LogP contribution in [0.1, 0.15) is 11.7 Å². The van der Waals surface area contributed by atoms with E-state index in [1.807, 2.05) is 0 Å². The van der Waals surface area contributed by atoms with Crippen molar-refractivity contribution in [1.29, 1.82) is 0 Å². The number of aliphatic carboxylic acids is 1. The average Bonchev–Trinajstić information content (AvgIpc) is 2.37. The van der Waals surface area contributed by atoms with Crippen LogP contribution < -0.4 is 5.11 Å². The van der Waals surface area contributed by atoms with Gasteiger partial charge in [-0.15, -0.1) is 0 Å². The number of halogens is 2. The molecular weight excluding hydrogens is 242 g/mol. The number of hydrogen-bond donors (Lipinski definition) is 1. The molecule has 0 saturated carbocycles. The van der Waals surface area contributed by atoms with Gasteiger partial charge in [-0.1, -0.05) is 42.5 Å². The Kier molecular flexibility index (Phi) is 3.00. The monoisotopic (exact) mass is 251 g/mol. The molecule has 0 fully saturated rings. The maximum Gasteiger partial charge on any atom is 0.316 e. The van der Waals surface area contributed by atoms with Crippen molar-refractivity contribution in [2.24, 2.45) is 0 Å². The van der Waals surface area contributed by atoms with Crippen LogP contribution in [0.3, 0.4) is 0 Å². The highest BCUT2D eigenvalue weighted by Gasteiger charge is 2.41. The molecule has 1 unspecified atom stereocenters. The fourth-order valence-corrected chi connectivity index (χ4v) is 1.80. The Morgan fingerprint density at radius 1 is 1.17 bits per heavy atom. The van der Waals surface area contributed by atoms with E-state index >= 15 is 0 Å². The minimum atomic E-state index is -4.33. The molecule has 1 N–H and O–H groups in total. The molecule has 94 valence electrons. The third kappa shape index (κ3) is 1.93. The second kappa shape index (κ2) is 4.34. The molecule has 0 saturated heterocycles. The van der Waals surface area contributed by atoms with Crippen molar-refractivity contribution in [2.75, 3.05) is 0 Å². The Morgan fingerprint density at radius 3 is 2.44 bits per heavy atom. The number of carbonyl (C=O) groups is 1. The van der Waals surface area contributed by atoms with Crippen molar-refractivity contribution >= 4 is 16.7 Å². The molecule has 1 atom stereocenters. The van der Waals surface area contributed by atoms with Crippen LogP contribution in [-0.4, -0.2) is 17.0 Å². The number of carboxylic acids is 1. The molecule has 0 aromatic heterocycles. The zero-order valence-corrected chi connectivity index (χ0v) is 9.14. The number of fused-ring (bicyclic) bond motifs is 1. The maximum atomic E-state index is 13.2. The minimum Gasteiger partial charge on any atom is -0.544 e. The number of benzene rings is 2. The largest absolute Gasteiger partial charge is 0.544 e. The molecule has 0 aliphatic rings. The van der Waals surface area contributed by atoms with Gasteiger partial charge in [0.25, 0.3) is 0 Å². The number of aliphatic hydroxyl groups is 1. The van der Waals surface area contributed by atoms with Gasteiger partial charge in [-0.3, -0.25) is 0 Å². The van der Waals surface area contributed by atoms with Crippen LogP contribution in [0.15, 0.2) is 42.5 Å². The number of hydrogen-bond acceptors (Lipinski definition) is 3. The van der Waals surface area contributed by atoms with Gasteiger partial charge in [0.15, 0.2) is 0 Å². The third-order valence-electron chi connectivity index (χ3n) is 2.73. The fraction of sp³-hybridized carbons (Fsp3) is 0.154. The average molecular weight is 251 g/mol. The van der Waals surface area contributed by atoms with E-state index in [9.17, 15) is 23.8 Å². The summed E-state index contributed by atoms with van der Waals surface area (Å²) in [7, 11) is 0. The predicted molar refractivity (Wildman–Crippen MR) is 58.9 cm³/mol. The smallest absolute Gasteiger partial charge is 0.316 e. The summed E-state index contributed by atoms with van der Waals surface area (Å²) in [6.45, 7) is 0. The lowest BCUT2D eigenvalue weighted by atomic mass is 9.97. The van der Waals surface area contributed by atoms with E-state index < -0.39 is 18.0 Å². The zero-order valence-electron chi connectivity index (χ0n) is 9.14. The number of carboxylic acid groups (broad SMARTS) is 1. The maximum absolute atomic E-state index is 13.2. The minimum absolute atomic E-state index is 0.137. The van der Waals surface area contributed by atoms with Gasteiger partial charge in [-0.2, -0.15) is 8.78 Å². The van der Waals surface area contributed by atoms with Crippen LogP contribution in [0.4, 0.5) is 8.78 Å². The van der Waals surface area contributed by atoms with Gasteiger partial charge in [-0.05, 0) is 16.3 Å². The summed E-state index contributed by atoms with van der Waals surface area (Å²) in [6, 6.07) is 11.0. The first kappa shape index (κ1) is 12.4. The van der Waals surface area contributed by atoms with Gasteiger partial charge in [0.1, 0.15) is 12.1 Å². The van der Waals surface area contributed by atoms with E-state index in [0.717, 1.165) is 0 Å². The molecule has 2 aromatic carbocycles. The first-order valence-corrected chi connectivity index (χ1v) is 5.19. The van der Waals surface area contributed by atoms with Gasteiger partial charge in [-0.25, -0.2) is 0 Å². The van der Waals surface area contributed by atoms with E-state index in [0.29, 0.717) is 10.8 Å². The molecule has 5 heteroatoms. The van der Waals surface area contributed by atoms with Crippen molar-refractivity contribution in [3.05, 3.63) is 48.0 Å². The summed E-state index contributed by atoms with van der Waals surface area (Å²) in [5, 5.41) is 20.9. The summed E-state index contributed by atoms with van der Waals surface area (Å²) >= 11 is 0. The highest BCUT2D eigenvalue weighted by atomic mass is 19.3. The second-order valence-electron chi connectivity index (χ2n) is 3.88. The highest BCUT2D eigenvalue weighted by Crippen LogP contribution is 2.34. The second-order valence-corrected chi connectivity index (χ2v) is 3.88. The molecule has 0 aliphatic heterocycles. The van der Waals surface area contributed by atoms with Crippen LogP contribution in [0.2, 0.25) is 0 Å². The Bertz CT molecular complexity index is 590. The molecule has 2 rings (SSSR count). The molecule has 0 radical (unpaired) electrons. The Balaban J connectivity index is 2.58. The normalized spacial score (nSPS) is 13.5. The standard InChI is InChI=1S/C13H10F2O3/c14-13(15,12(17)18)11(16)10-7-3-5-8-4-1-2-6-9(8)10/h1-7,11,16H,(H,17,18)/p-1. The van der Waals surface area contributed by atoms with E-state index in [-0.39, 0.29) is 5.56 Å². The Labute approximate surface area is 101 Å². The number of alkyl halides is 2. The van der Waals surface area contributed by atoms with Gasteiger partial charge in [0.05, 0.1) is 0 Å². The SMILES string of the molecule is O=C([O-])C(F)(F)C(O)c1cccc2ccccc12. The summed E-state index contributed by atoms with van der Waals surface area (Å²) in [6.07, 6.45) is -2.44. The molecule has 0 bridgehead atoms. The quantitative estimate of drug-likeness (QED) is 0.893. The lowest BCUT2D eigenvalue weighted by Gasteiger charge is -2.24. The lowest BCUT2D eigenvalue weighted by Crippen LogP contribution is -2.45. The van der Waals surface area contributed by atoms with Crippen molar-refractivity contribution < 1.29 is 23.8 Å². The Morgan fingerprint density at radius 2 is 1.78 bits per heavy atom.